The van der Waals surface area contributed by atoms with Crippen molar-refractivity contribution in [3.05, 3.63) is 44.5 Å². The molecule has 4 heteroatoms. The Bertz CT molecular complexity index is 1180. The first-order valence-electron chi connectivity index (χ1n) is 16.2. The first kappa shape index (κ1) is 31.6. The van der Waals surface area contributed by atoms with Gasteiger partial charge >= 0.3 is 0 Å². The van der Waals surface area contributed by atoms with Crippen LogP contribution in [0, 0.1) is 39.5 Å². The van der Waals surface area contributed by atoms with Crippen LogP contribution < -0.4 is 9.47 Å². The molecule has 2 aliphatic rings. The van der Waals surface area contributed by atoms with E-state index in [-0.39, 0.29) is 11.2 Å². The molecule has 0 radical (unpaired) electrons. The van der Waals surface area contributed by atoms with Gasteiger partial charge in [0, 0.05) is 28.7 Å². The average molecular weight is 565 g/mol. The second kappa shape index (κ2) is 12.1. The summed E-state index contributed by atoms with van der Waals surface area (Å²) in [5.41, 5.74) is 7.38. The third-order valence-electron chi connectivity index (χ3n) is 10.2. The number of fused-ring (bicyclic) bond motifs is 2. The number of hydrogen-bond donors (Lipinski definition) is 2. The third kappa shape index (κ3) is 6.52. The van der Waals surface area contributed by atoms with Crippen molar-refractivity contribution in [2.24, 2.45) is 11.8 Å². The Hall–Kier alpha value is -2.36. The maximum absolute atomic E-state index is 11.5. The highest BCUT2D eigenvalue weighted by Gasteiger charge is 2.37. The molecule has 2 atom stereocenters. The quantitative estimate of drug-likeness (QED) is 0.301. The second-order valence-electron chi connectivity index (χ2n) is 14.6. The van der Waals surface area contributed by atoms with E-state index in [1.807, 2.05) is 13.8 Å². The third-order valence-corrected chi connectivity index (χ3v) is 10.2. The Balaban J connectivity index is 1.68. The number of ether oxygens (including phenoxy) is 2. The van der Waals surface area contributed by atoms with Gasteiger partial charge in [-0.2, -0.15) is 0 Å². The van der Waals surface area contributed by atoms with Crippen LogP contribution in [0.25, 0.3) is 0 Å². The van der Waals surface area contributed by atoms with Crippen molar-refractivity contribution < 1.29 is 19.7 Å². The molecule has 41 heavy (non-hydrogen) atoms. The Morgan fingerprint density at radius 1 is 0.634 bits per heavy atom. The molecule has 0 aromatic heterocycles. The van der Waals surface area contributed by atoms with Crippen molar-refractivity contribution in [1.29, 1.82) is 0 Å². The molecule has 228 valence electrons. The first-order valence-corrected chi connectivity index (χ1v) is 16.2. The van der Waals surface area contributed by atoms with Crippen LogP contribution >= 0.6 is 0 Å². The normalized spacial score (nSPS) is 22.0. The van der Waals surface area contributed by atoms with Crippen LogP contribution in [0.15, 0.2) is 0 Å². The van der Waals surface area contributed by atoms with E-state index in [1.165, 1.54) is 12.8 Å². The highest BCUT2D eigenvalue weighted by Crippen LogP contribution is 2.49. The summed E-state index contributed by atoms with van der Waals surface area (Å²) in [4.78, 5) is 0. The van der Waals surface area contributed by atoms with E-state index in [9.17, 15) is 10.2 Å². The zero-order valence-corrected chi connectivity index (χ0v) is 27.6. The lowest BCUT2D eigenvalue weighted by Gasteiger charge is -2.39. The number of rotatable bonds is 10. The molecule has 4 rings (SSSR count). The van der Waals surface area contributed by atoms with Gasteiger partial charge in [-0.05, 0) is 127 Å². The molecule has 2 N–H and O–H groups in total. The van der Waals surface area contributed by atoms with E-state index < -0.39 is 0 Å². The van der Waals surface area contributed by atoms with Crippen LogP contribution in [-0.2, 0) is 19.3 Å². The average Bonchev–Trinajstić information content (AvgIpc) is 2.89. The molecule has 4 nitrogen and oxygen atoms in total. The lowest BCUT2D eigenvalue weighted by Crippen LogP contribution is -2.37. The van der Waals surface area contributed by atoms with Gasteiger partial charge in [0.25, 0.3) is 0 Å². The lowest BCUT2D eigenvalue weighted by molar-refractivity contribution is 0.0513. The van der Waals surface area contributed by atoms with Crippen LogP contribution in [0.4, 0.5) is 0 Å². The molecule has 2 aromatic carbocycles. The van der Waals surface area contributed by atoms with Crippen molar-refractivity contribution >= 4 is 0 Å². The summed E-state index contributed by atoms with van der Waals surface area (Å²) in [6.07, 6.45) is 11.0. The van der Waals surface area contributed by atoms with Gasteiger partial charge in [0.15, 0.2) is 0 Å². The predicted octanol–water partition coefficient (Wildman–Crippen LogP) is 9.74. The Kier molecular flexibility index (Phi) is 9.31. The minimum atomic E-state index is -0.193. The highest BCUT2D eigenvalue weighted by molar-refractivity contribution is 5.64. The van der Waals surface area contributed by atoms with E-state index in [0.717, 1.165) is 107 Å². The smallest absolute Gasteiger partial charge is 0.127 e. The topological polar surface area (TPSA) is 58.9 Å². The van der Waals surface area contributed by atoms with Crippen LogP contribution in [0.2, 0.25) is 0 Å². The molecule has 0 fully saturated rings. The zero-order valence-electron chi connectivity index (χ0n) is 27.6. The number of benzene rings is 2. The van der Waals surface area contributed by atoms with Gasteiger partial charge in [-0.15, -0.1) is 0 Å². The molecular weight excluding hydrogens is 508 g/mol. The lowest BCUT2D eigenvalue weighted by atomic mass is 9.81. The van der Waals surface area contributed by atoms with Crippen molar-refractivity contribution in [2.75, 3.05) is 0 Å². The van der Waals surface area contributed by atoms with E-state index >= 15 is 0 Å². The van der Waals surface area contributed by atoms with Gasteiger partial charge in [0.1, 0.15) is 34.2 Å². The van der Waals surface area contributed by atoms with E-state index in [2.05, 4.69) is 55.4 Å². The van der Waals surface area contributed by atoms with Gasteiger partial charge in [0.05, 0.1) is 0 Å². The molecule has 2 heterocycles. The minimum absolute atomic E-state index is 0.193. The maximum atomic E-state index is 11.5. The fourth-order valence-electron chi connectivity index (χ4n) is 7.14. The Labute approximate surface area is 249 Å². The predicted molar refractivity (Wildman–Crippen MR) is 170 cm³/mol. The van der Waals surface area contributed by atoms with Crippen molar-refractivity contribution in [2.45, 2.75) is 151 Å². The molecule has 0 saturated carbocycles. The molecule has 0 saturated heterocycles. The molecule has 2 unspecified atom stereocenters. The fraction of sp³-hybridized carbons (Fsp3) is 0.676. The zero-order chi connectivity index (χ0) is 30.3. The van der Waals surface area contributed by atoms with Crippen LogP contribution in [0.1, 0.15) is 137 Å². The standard InChI is InChI=1S/C37H56O4/c1-22(2)13-11-17-36(9)19-15-28-24(5)32(38)30(26(7)34(28)40-36)21-31-27(8)35-29(25(6)33(31)39)16-20-37(10,41-35)18-12-14-23(3)4/h22-23,38-39H,11-21H2,1-10H3. The van der Waals surface area contributed by atoms with Gasteiger partial charge in [-0.3, -0.25) is 0 Å². The maximum Gasteiger partial charge on any atom is 0.127 e. The Morgan fingerprint density at radius 3 is 1.34 bits per heavy atom. The SMILES string of the molecule is Cc1c(O)c(Cc2c(C)c3c(c(C)c2O)CCC(C)(CCCC(C)C)O3)c(C)c2c1CCC(C)(CCCC(C)C)O2. The molecule has 0 amide bonds. The first-order chi connectivity index (χ1) is 19.2. The van der Waals surface area contributed by atoms with Crippen molar-refractivity contribution in [1.82, 2.24) is 0 Å². The van der Waals surface area contributed by atoms with Crippen molar-refractivity contribution in [3.8, 4) is 23.0 Å². The summed E-state index contributed by atoms with van der Waals surface area (Å²) in [7, 11) is 0. The van der Waals surface area contributed by atoms with Crippen LogP contribution in [-0.4, -0.2) is 21.4 Å². The van der Waals surface area contributed by atoms with Crippen molar-refractivity contribution in [3.63, 3.8) is 0 Å². The summed E-state index contributed by atoms with van der Waals surface area (Å²) < 4.78 is 13.6. The van der Waals surface area contributed by atoms with Gasteiger partial charge in [0.2, 0.25) is 0 Å². The molecule has 2 aliphatic heterocycles. The monoisotopic (exact) mass is 564 g/mol. The summed E-state index contributed by atoms with van der Waals surface area (Å²) in [5.74, 6) is 3.94. The number of hydrogen-bond acceptors (Lipinski definition) is 4. The van der Waals surface area contributed by atoms with Gasteiger partial charge < -0.3 is 19.7 Å². The van der Waals surface area contributed by atoms with Gasteiger partial charge in [-0.25, -0.2) is 0 Å². The highest BCUT2D eigenvalue weighted by atomic mass is 16.5. The molecule has 2 aromatic rings. The van der Waals surface area contributed by atoms with Crippen LogP contribution in [0.3, 0.4) is 0 Å². The summed E-state index contributed by atoms with van der Waals surface area (Å²) in [6.45, 7) is 21.8. The molecule has 0 bridgehead atoms. The van der Waals surface area contributed by atoms with E-state index in [4.69, 9.17) is 9.47 Å². The largest absolute Gasteiger partial charge is 0.507 e. The second-order valence-corrected chi connectivity index (χ2v) is 14.6. The Morgan fingerprint density at radius 2 is 1.00 bits per heavy atom. The summed E-state index contributed by atoms with van der Waals surface area (Å²) in [5, 5.41) is 22.9. The number of aromatic hydroxyl groups is 2. The summed E-state index contributed by atoms with van der Waals surface area (Å²) in [6, 6.07) is 0. The number of phenols is 2. The summed E-state index contributed by atoms with van der Waals surface area (Å²) >= 11 is 0. The fourth-order valence-corrected chi connectivity index (χ4v) is 7.14. The van der Waals surface area contributed by atoms with Gasteiger partial charge in [-0.1, -0.05) is 40.5 Å². The molecule has 0 spiro atoms. The van der Waals surface area contributed by atoms with E-state index in [1.54, 1.807) is 0 Å². The molecular formula is C37H56O4. The molecule has 0 aliphatic carbocycles. The van der Waals surface area contributed by atoms with E-state index in [0.29, 0.717) is 29.8 Å². The minimum Gasteiger partial charge on any atom is -0.507 e. The van der Waals surface area contributed by atoms with Crippen LogP contribution in [0.5, 0.6) is 23.0 Å². The number of phenolic OH excluding ortho intramolecular Hbond substituents is 2.